The number of nitrogens with zero attached hydrogens (tertiary/aromatic N) is 2. The third kappa shape index (κ3) is 4.79. The average molecular weight is 223 g/mol. The van der Waals surface area contributed by atoms with Crippen molar-refractivity contribution in [2.24, 2.45) is 13.0 Å². The van der Waals surface area contributed by atoms with E-state index in [-0.39, 0.29) is 0 Å². The summed E-state index contributed by atoms with van der Waals surface area (Å²) in [5.74, 6) is 0.751. The van der Waals surface area contributed by atoms with E-state index in [9.17, 15) is 0 Å². The van der Waals surface area contributed by atoms with Crippen LogP contribution in [-0.4, -0.2) is 22.9 Å². The number of aryl methyl sites for hydroxylation is 1. The van der Waals surface area contributed by atoms with Crippen LogP contribution in [0.4, 0.5) is 0 Å². The first-order valence-corrected chi connectivity index (χ1v) is 6.44. The highest BCUT2D eigenvalue weighted by Crippen LogP contribution is 2.12. The van der Waals surface area contributed by atoms with Gasteiger partial charge in [0.15, 0.2) is 0 Å². The van der Waals surface area contributed by atoms with Gasteiger partial charge in [-0.05, 0) is 43.8 Å². The Bertz CT molecular complexity index is 280. The minimum atomic E-state index is 0.751. The largest absolute Gasteiger partial charge is 0.316 e. The summed E-state index contributed by atoms with van der Waals surface area (Å²) < 4.78 is 1.89. The molecule has 0 fully saturated rings. The Labute approximate surface area is 99.2 Å². The topological polar surface area (TPSA) is 29.9 Å². The van der Waals surface area contributed by atoms with Crippen molar-refractivity contribution in [3.05, 3.63) is 18.0 Å². The Kier molecular flexibility index (Phi) is 6.16. The molecular formula is C13H25N3. The van der Waals surface area contributed by atoms with Crippen LogP contribution in [0.1, 0.15) is 38.7 Å². The fraction of sp³-hybridized carbons (Fsp3) is 0.769. The first kappa shape index (κ1) is 13.2. The number of aromatic nitrogens is 2. The zero-order valence-corrected chi connectivity index (χ0v) is 10.9. The monoisotopic (exact) mass is 223 g/mol. The van der Waals surface area contributed by atoms with Crippen LogP contribution in [0, 0.1) is 5.92 Å². The van der Waals surface area contributed by atoms with Crippen LogP contribution in [0.5, 0.6) is 0 Å². The molecule has 1 N–H and O–H groups in total. The molecule has 92 valence electrons. The lowest BCUT2D eigenvalue weighted by molar-refractivity contribution is 0.439. The molecule has 0 bridgehead atoms. The molecule has 3 heteroatoms. The molecule has 3 nitrogen and oxygen atoms in total. The highest BCUT2D eigenvalue weighted by molar-refractivity contribution is 5.04. The van der Waals surface area contributed by atoms with Crippen LogP contribution in [-0.2, 0) is 13.5 Å². The van der Waals surface area contributed by atoms with Gasteiger partial charge >= 0.3 is 0 Å². The summed E-state index contributed by atoms with van der Waals surface area (Å²) in [5, 5.41) is 7.74. The van der Waals surface area contributed by atoms with Crippen LogP contribution in [0.25, 0.3) is 0 Å². The van der Waals surface area contributed by atoms with Crippen molar-refractivity contribution in [3.8, 4) is 0 Å². The lowest BCUT2D eigenvalue weighted by Crippen LogP contribution is -2.24. The number of hydrogen-bond donors (Lipinski definition) is 1. The molecule has 0 aliphatic heterocycles. The van der Waals surface area contributed by atoms with Gasteiger partial charge in [-0.2, -0.15) is 5.10 Å². The Hall–Kier alpha value is -0.830. The first-order chi connectivity index (χ1) is 7.76. The Morgan fingerprint density at radius 2 is 2.19 bits per heavy atom. The lowest BCUT2D eigenvalue weighted by atomic mass is 9.96. The highest BCUT2D eigenvalue weighted by Gasteiger charge is 2.09. The second-order valence-electron chi connectivity index (χ2n) is 4.59. The van der Waals surface area contributed by atoms with Gasteiger partial charge in [-0.15, -0.1) is 0 Å². The van der Waals surface area contributed by atoms with E-state index < -0.39 is 0 Å². The van der Waals surface area contributed by atoms with Gasteiger partial charge in [0, 0.05) is 13.2 Å². The molecular weight excluding hydrogens is 198 g/mol. The molecule has 16 heavy (non-hydrogen) atoms. The van der Waals surface area contributed by atoms with Crippen LogP contribution in [0.15, 0.2) is 12.4 Å². The number of hydrogen-bond acceptors (Lipinski definition) is 2. The van der Waals surface area contributed by atoms with Crippen molar-refractivity contribution < 1.29 is 0 Å². The third-order valence-corrected chi connectivity index (χ3v) is 2.84. The maximum Gasteiger partial charge on any atom is 0.0521 e. The Morgan fingerprint density at radius 3 is 2.75 bits per heavy atom. The van der Waals surface area contributed by atoms with E-state index in [1.807, 2.05) is 17.9 Å². The third-order valence-electron chi connectivity index (χ3n) is 2.84. The van der Waals surface area contributed by atoms with Crippen molar-refractivity contribution in [2.45, 2.75) is 39.5 Å². The van der Waals surface area contributed by atoms with Gasteiger partial charge < -0.3 is 5.32 Å². The average Bonchev–Trinajstić information content (AvgIpc) is 2.65. The van der Waals surface area contributed by atoms with E-state index in [0.29, 0.717) is 0 Å². The number of nitrogens with one attached hydrogen (secondary N) is 1. The van der Waals surface area contributed by atoms with Crippen molar-refractivity contribution in [2.75, 3.05) is 13.1 Å². The van der Waals surface area contributed by atoms with Crippen LogP contribution < -0.4 is 5.32 Å². The van der Waals surface area contributed by atoms with E-state index in [1.165, 1.54) is 24.8 Å². The van der Waals surface area contributed by atoms with Crippen molar-refractivity contribution in [3.63, 3.8) is 0 Å². The second-order valence-corrected chi connectivity index (χ2v) is 4.59. The molecule has 0 aliphatic carbocycles. The molecule has 0 saturated heterocycles. The zero-order chi connectivity index (χ0) is 11.8. The first-order valence-electron chi connectivity index (χ1n) is 6.44. The van der Waals surface area contributed by atoms with Gasteiger partial charge in [0.25, 0.3) is 0 Å². The van der Waals surface area contributed by atoms with Gasteiger partial charge in [-0.1, -0.05) is 20.3 Å². The Morgan fingerprint density at radius 1 is 1.38 bits per heavy atom. The molecule has 0 aliphatic rings. The molecule has 0 radical (unpaired) electrons. The maximum atomic E-state index is 4.22. The summed E-state index contributed by atoms with van der Waals surface area (Å²) in [6.07, 6.45) is 9.04. The molecule has 0 amide bonds. The van der Waals surface area contributed by atoms with E-state index >= 15 is 0 Å². The van der Waals surface area contributed by atoms with Gasteiger partial charge in [-0.3, -0.25) is 4.68 Å². The molecule has 1 atom stereocenters. The normalized spacial score (nSPS) is 12.9. The van der Waals surface area contributed by atoms with Crippen molar-refractivity contribution in [1.82, 2.24) is 15.1 Å². The van der Waals surface area contributed by atoms with E-state index in [2.05, 4.69) is 30.5 Å². The van der Waals surface area contributed by atoms with Crippen molar-refractivity contribution >= 4 is 0 Å². The van der Waals surface area contributed by atoms with Gasteiger partial charge in [0.1, 0.15) is 0 Å². The summed E-state index contributed by atoms with van der Waals surface area (Å²) in [5.41, 5.74) is 1.36. The minimum Gasteiger partial charge on any atom is -0.316 e. The molecule has 1 aromatic heterocycles. The SMILES string of the molecule is CCCNCC(CCC)Cc1cnn(C)c1. The molecule has 0 aromatic carbocycles. The maximum absolute atomic E-state index is 4.22. The summed E-state index contributed by atoms with van der Waals surface area (Å²) in [6.45, 7) is 6.74. The van der Waals surface area contributed by atoms with Gasteiger partial charge in [0.2, 0.25) is 0 Å². The van der Waals surface area contributed by atoms with Gasteiger partial charge in [-0.25, -0.2) is 0 Å². The van der Waals surface area contributed by atoms with Crippen LogP contribution >= 0.6 is 0 Å². The fourth-order valence-electron chi connectivity index (χ4n) is 2.08. The van der Waals surface area contributed by atoms with E-state index in [1.54, 1.807) is 0 Å². The smallest absolute Gasteiger partial charge is 0.0521 e. The van der Waals surface area contributed by atoms with Crippen LogP contribution in [0.2, 0.25) is 0 Å². The predicted molar refractivity (Wildman–Crippen MR) is 68.5 cm³/mol. The quantitative estimate of drug-likeness (QED) is 0.686. The summed E-state index contributed by atoms with van der Waals surface area (Å²) in [6, 6.07) is 0. The Balaban J connectivity index is 2.37. The van der Waals surface area contributed by atoms with E-state index in [4.69, 9.17) is 0 Å². The predicted octanol–water partition coefficient (Wildman–Crippen LogP) is 2.38. The second kappa shape index (κ2) is 7.44. The molecule has 1 unspecified atom stereocenters. The molecule has 0 spiro atoms. The van der Waals surface area contributed by atoms with Gasteiger partial charge in [0.05, 0.1) is 6.20 Å². The molecule has 1 aromatic rings. The van der Waals surface area contributed by atoms with E-state index in [0.717, 1.165) is 25.4 Å². The minimum absolute atomic E-state index is 0.751. The summed E-state index contributed by atoms with van der Waals surface area (Å²) >= 11 is 0. The zero-order valence-electron chi connectivity index (χ0n) is 10.9. The van der Waals surface area contributed by atoms with Crippen LogP contribution in [0.3, 0.4) is 0 Å². The standard InChI is InChI=1S/C13H25N3/c1-4-6-12(9-14-7-5-2)8-13-10-15-16(3)11-13/h10-12,14H,4-9H2,1-3H3. The summed E-state index contributed by atoms with van der Waals surface area (Å²) in [4.78, 5) is 0. The lowest BCUT2D eigenvalue weighted by Gasteiger charge is -2.15. The summed E-state index contributed by atoms with van der Waals surface area (Å²) in [7, 11) is 1.98. The highest BCUT2D eigenvalue weighted by atomic mass is 15.2. The molecule has 0 saturated carbocycles. The fourth-order valence-corrected chi connectivity index (χ4v) is 2.08. The van der Waals surface area contributed by atoms with Crippen molar-refractivity contribution in [1.29, 1.82) is 0 Å². The molecule has 1 rings (SSSR count). The molecule has 1 heterocycles. The number of rotatable bonds is 8.